The van der Waals surface area contributed by atoms with Gasteiger partial charge >= 0.3 is 0 Å². The van der Waals surface area contributed by atoms with Crippen LogP contribution in [-0.2, 0) is 0 Å². The van der Waals surface area contributed by atoms with Crippen LogP contribution in [0, 0.1) is 0 Å². The molecular formula is C44H23N3S3. The van der Waals surface area contributed by atoms with Crippen LogP contribution in [0.5, 0.6) is 0 Å². The molecule has 0 unspecified atom stereocenters. The van der Waals surface area contributed by atoms with Crippen molar-refractivity contribution in [3.8, 4) is 17.1 Å². The third-order valence-corrected chi connectivity index (χ3v) is 13.7. The maximum Gasteiger partial charge on any atom is 0.165 e. The molecule has 0 amide bonds. The molecule has 6 heteroatoms. The first-order valence-electron chi connectivity index (χ1n) is 16.7. The molecule has 0 bridgehead atoms. The van der Waals surface area contributed by atoms with Crippen LogP contribution in [0.3, 0.4) is 0 Å². The molecule has 0 radical (unpaired) electrons. The van der Waals surface area contributed by atoms with Gasteiger partial charge in [0, 0.05) is 66.8 Å². The molecule has 0 aliphatic heterocycles. The third kappa shape index (κ3) is 3.62. The normalized spacial score (nSPS) is 12.4. The molecule has 5 aromatic heterocycles. The Morgan fingerprint density at radius 1 is 0.420 bits per heavy atom. The predicted octanol–water partition coefficient (Wildman–Crippen LogP) is 13.5. The molecule has 0 atom stereocenters. The van der Waals surface area contributed by atoms with E-state index in [2.05, 4.69) is 144 Å². The van der Waals surface area contributed by atoms with E-state index in [1.807, 2.05) is 22.7 Å². The van der Waals surface area contributed by atoms with Gasteiger partial charge in [-0.15, -0.1) is 34.0 Å². The summed E-state index contributed by atoms with van der Waals surface area (Å²) in [7, 11) is 0. The van der Waals surface area contributed by atoms with Gasteiger partial charge in [0.15, 0.2) is 5.82 Å². The van der Waals surface area contributed by atoms with E-state index >= 15 is 0 Å². The quantitative estimate of drug-likeness (QED) is 0.181. The number of hydrogen-bond donors (Lipinski definition) is 0. The van der Waals surface area contributed by atoms with Crippen molar-refractivity contribution in [1.29, 1.82) is 0 Å². The number of para-hydroxylation sites is 1. The maximum atomic E-state index is 5.63. The first-order chi connectivity index (χ1) is 24.8. The summed E-state index contributed by atoms with van der Waals surface area (Å²) < 4.78 is 8.72. The highest BCUT2D eigenvalue weighted by Crippen LogP contribution is 2.46. The number of rotatable bonds is 2. The van der Waals surface area contributed by atoms with Gasteiger partial charge in [0.2, 0.25) is 0 Å². The number of fused-ring (bicyclic) bond motifs is 14. The van der Waals surface area contributed by atoms with E-state index in [0.717, 1.165) is 43.8 Å². The summed E-state index contributed by atoms with van der Waals surface area (Å²) in [5.74, 6) is 0.864. The van der Waals surface area contributed by atoms with Crippen molar-refractivity contribution in [1.82, 2.24) is 14.5 Å². The zero-order valence-electron chi connectivity index (χ0n) is 26.3. The zero-order valence-corrected chi connectivity index (χ0v) is 28.8. The van der Waals surface area contributed by atoms with E-state index in [1.54, 1.807) is 11.3 Å². The number of nitrogens with zero attached hydrogens (tertiary/aromatic N) is 3. The Labute approximate surface area is 296 Å². The minimum absolute atomic E-state index is 0.864. The number of thiophene rings is 3. The summed E-state index contributed by atoms with van der Waals surface area (Å²) in [6, 6.07) is 50.8. The second kappa shape index (κ2) is 9.96. The lowest BCUT2D eigenvalue weighted by atomic mass is 10.0. The van der Waals surface area contributed by atoms with Gasteiger partial charge in [-0.3, -0.25) is 4.57 Å². The Kier molecular flexibility index (Phi) is 5.42. The minimum atomic E-state index is 0.864. The Hall–Kier alpha value is -5.66. The monoisotopic (exact) mass is 689 g/mol. The topological polar surface area (TPSA) is 30.7 Å². The smallest absolute Gasteiger partial charge is 0.165 e. The van der Waals surface area contributed by atoms with E-state index < -0.39 is 0 Å². The van der Waals surface area contributed by atoms with Crippen molar-refractivity contribution in [3.63, 3.8) is 0 Å². The van der Waals surface area contributed by atoms with Crippen molar-refractivity contribution in [3.05, 3.63) is 140 Å². The Balaban J connectivity index is 1.25. The van der Waals surface area contributed by atoms with Crippen molar-refractivity contribution >= 4 is 127 Å². The lowest BCUT2D eigenvalue weighted by Gasteiger charge is -2.13. The average Bonchev–Trinajstić information content (AvgIpc) is 3.92. The molecule has 0 spiro atoms. The van der Waals surface area contributed by atoms with E-state index in [4.69, 9.17) is 9.97 Å². The van der Waals surface area contributed by atoms with Crippen LogP contribution in [0.2, 0.25) is 0 Å². The molecule has 232 valence electrons. The highest BCUT2D eigenvalue weighted by molar-refractivity contribution is 7.27. The van der Waals surface area contributed by atoms with Crippen LogP contribution >= 0.6 is 34.0 Å². The molecule has 5 heterocycles. The van der Waals surface area contributed by atoms with Crippen LogP contribution in [0.4, 0.5) is 0 Å². The molecule has 0 saturated heterocycles. The molecule has 50 heavy (non-hydrogen) atoms. The summed E-state index contributed by atoms with van der Waals surface area (Å²) in [6.07, 6.45) is 0. The summed E-state index contributed by atoms with van der Waals surface area (Å²) in [5, 5.41) is 11.3. The fraction of sp³-hybridized carbons (Fsp3) is 0. The van der Waals surface area contributed by atoms with Gasteiger partial charge in [0.25, 0.3) is 0 Å². The number of hydrogen-bond acceptors (Lipinski definition) is 5. The molecule has 0 fully saturated rings. The highest BCUT2D eigenvalue weighted by Gasteiger charge is 2.24. The van der Waals surface area contributed by atoms with Crippen molar-refractivity contribution in [2.45, 2.75) is 0 Å². The average molecular weight is 690 g/mol. The molecule has 7 aromatic carbocycles. The summed E-state index contributed by atoms with van der Waals surface area (Å²) in [5.41, 5.74) is 5.26. The van der Waals surface area contributed by atoms with Crippen LogP contribution in [0.1, 0.15) is 0 Å². The minimum Gasteiger partial charge on any atom is -0.292 e. The van der Waals surface area contributed by atoms with Gasteiger partial charge in [0.1, 0.15) is 16.0 Å². The summed E-state index contributed by atoms with van der Waals surface area (Å²) in [6.45, 7) is 0. The maximum absolute atomic E-state index is 5.63. The van der Waals surface area contributed by atoms with Gasteiger partial charge in [0.05, 0.1) is 11.0 Å². The number of aromatic nitrogens is 3. The summed E-state index contributed by atoms with van der Waals surface area (Å²) >= 11 is 5.45. The lowest BCUT2D eigenvalue weighted by Crippen LogP contribution is -2.03. The number of benzene rings is 7. The summed E-state index contributed by atoms with van der Waals surface area (Å²) in [4.78, 5) is 12.1. The standard InChI is InChI=1S/C44H23N3S3/c1-2-11-25-24(10-1)20-21-29-33-22-32-26-12-3-6-17-34(26)47(35(32)23-38(33)49-41(25)29)43-39(46-44-40(45-43)30-14-5-8-19-37(30)50-44)31-16-9-15-28-27-13-4-7-18-36(27)48-42(28)31/h1-23H. The van der Waals surface area contributed by atoms with Gasteiger partial charge in [-0.05, 0) is 41.1 Å². The second-order valence-electron chi connectivity index (χ2n) is 12.9. The molecule has 0 saturated carbocycles. The molecular weight excluding hydrogens is 667 g/mol. The highest BCUT2D eigenvalue weighted by atomic mass is 32.1. The van der Waals surface area contributed by atoms with Gasteiger partial charge in [-0.2, -0.15) is 0 Å². The third-order valence-electron chi connectivity index (χ3n) is 10.2. The van der Waals surface area contributed by atoms with Crippen LogP contribution < -0.4 is 0 Å². The van der Waals surface area contributed by atoms with Crippen molar-refractivity contribution < 1.29 is 0 Å². The van der Waals surface area contributed by atoms with Gasteiger partial charge < -0.3 is 0 Å². The van der Waals surface area contributed by atoms with Crippen molar-refractivity contribution in [2.24, 2.45) is 0 Å². The molecule has 12 rings (SSSR count). The van der Waals surface area contributed by atoms with E-state index in [-0.39, 0.29) is 0 Å². The molecule has 0 aliphatic carbocycles. The molecule has 0 aliphatic rings. The first kappa shape index (κ1) is 27.2. The Morgan fingerprint density at radius 2 is 1.12 bits per heavy atom. The van der Waals surface area contributed by atoms with Crippen molar-refractivity contribution in [2.75, 3.05) is 0 Å². The SMILES string of the molecule is c1ccc2c(c1)ccc1c3cc4c5ccccc5n(-c5nc6c(nc5-c5cccc7c5sc5ccccc57)sc5ccccc56)c4cc3sc21. The van der Waals surface area contributed by atoms with E-state index in [1.165, 1.54) is 66.6 Å². The molecule has 12 aromatic rings. The Bertz CT molecular complexity index is 3400. The second-order valence-corrected chi connectivity index (χ2v) is 16.0. The fourth-order valence-corrected chi connectivity index (χ4v) is 11.5. The van der Waals surface area contributed by atoms with Crippen LogP contribution in [0.15, 0.2) is 140 Å². The lowest BCUT2D eigenvalue weighted by molar-refractivity contribution is 1.09. The largest absolute Gasteiger partial charge is 0.292 e. The van der Waals surface area contributed by atoms with Crippen LogP contribution in [0.25, 0.3) is 110 Å². The van der Waals surface area contributed by atoms with E-state index in [0.29, 0.717) is 0 Å². The fourth-order valence-electron chi connectivity index (χ4n) is 7.98. The van der Waals surface area contributed by atoms with Crippen LogP contribution in [-0.4, -0.2) is 14.5 Å². The molecule has 3 nitrogen and oxygen atoms in total. The predicted molar refractivity (Wildman–Crippen MR) is 218 cm³/mol. The van der Waals surface area contributed by atoms with Gasteiger partial charge in [-0.25, -0.2) is 9.97 Å². The van der Waals surface area contributed by atoms with Gasteiger partial charge in [-0.1, -0.05) is 109 Å². The zero-order chi connectivity index (χ0) is 32.5. The van der Waals surface area contributed by atoms with E-state index in [9.17, 15) is 0 Å². The Morgan fingerprint density at radius 3 is 2.02 bits per heavy atom. The molecule has 0 N–H and O–H groups in total. The first-order valence-corrected chi connectivity index (χ1v) is 19.1.